The van der Waals surface area contributed by atoms with Crippen molar-refractivity contribution in [2.75, 3.05) is 12.4 Å². The van der Waals surface area contributed by atoms with E-state index < -0.39 is 0 Å². The quantitative estimate of drug-likeness (QED) is 0.932. The molecule has 0 aliphatic carbocycles. The molecule has 0 aliphatic rings. The van der Waals surface area contributed by atoms with E-state index in [-0.39, 0.29) is 0 Å². The molecule has 78 valence electrons. The molecule has 0 saturated heterocycles. The van der Waals surface area contributed by atoms with Crippen molar-refractivity contribution in [3.8, 4) is 0 Å². The smallest absolute Gasteiger partial charge is 0.182 e. The molecular weight excluding hydrogens is 272 g/mol. The van der Waals surface area contributed by atoms with E-state index in [1.54, 1.807) is 11.3 Å². The highest BCUT2D eigenvalue weighted by Gasteiger charge is 2.01. The summed E-state index contributed by atoms with van der Waals surface area (Å²) in [6, 6.07) is 8.39. The Labute approximate surface area is 101 Å². The van der Waals surface area contributed by atoms with Crippen molar-refractivity contribution in [2.24, 2.45) is 0 Å². The number of nitrogens with one attached hydrogen (secondary N) is 1. The Morgan fingerprint density at radius 1 is 1.33 bits per heavy atom. The molecule has 0 bridgehead atoms. The highest BCUT2D eigenvalue weighted by atomic mass is 79.9. The van der Waals surface area contributed by atoms with Gasteiger partial charge in [-0.05, 0) is 17.7 Å². The zero-order valence-corrected chi connectivity index (χ0v) is 10.7. The first-order valence-electron chi connectivity index (χ1n) is 4.65. The summed E-state index contributed by atoms with van der Waals surface area (Å²) < 4.78 is 1.12. The summed E-state index contributed by atoms with van der Waals surface area (Å²) in [5.74, 6) is 0. The maximum Gasteiger partial charge on any atom is 0.182 e. The van der Waals surface area contributed by atoms with E-state index in [1.165, 1.54) is 10.4 Å². The third kappa shape index (κ3) is 2.79. The van der Waals surface area contributed by atoms with Gasteiger partial charge >= 0.3 is 0 Å². The van der Waals surface area contributed by atoms with Crippen LogP contribution in [0.5, 0.6) is 0 Å². The normalized spacial score (nSPS) is 10.3. The fourth-order valence-corrected chi connectivity index (χ4v) is 2.37. The Hall–Kier alpha value is -0.870. The van der Waals surface area contributed by atoms with Gasteiger partial charge in [0.1, 0.15) is 0 Å². The van der Waals surface area contributed by atoms with E-state index in [0.29, 0.717) is 0 Å². The second-order valence-electron chi connectivity index (χ2n) is 3.18. The van der Waals surface area contributed by atoms with Crippen molar-refractivity contribution in [3.05, 3.63) is 45.4 Å². The Morgan fingerprint density at radius 2 is 2.07 bits per heavy atom. The molecule has 0 unspecified atom stereocenters. The number of aromatic nitrogens is 1. The van der Waals surface area contributed by atoms with Gasteiger partial charge in [-0.3, -0.25) is 0 Å². The third-order valence-electron chi connectivity index (χ3n) is 2.06. The molecule has 0 aliphatic heterocycles. The first-order chi connectivity index (χ1) is 7.28. The molecule has 2 rings (SSSR count). The minimum atomic E-state index is 0.951. The highest BCUT2D eigenvalue weighted by molar-refractivity contribution is 9.10. The average molecular weight is 283 g/mol. The van der Waals surface area contributed by atoms with E-state index in [0.717, 1.165) is 16.0 Å². The minimum Gasteiger partial charge on any atom is -0.365 e. The largest absolute Gasteiger partial charge is 0.365 e. The van der Waals surface area contributed by atoms with E-state index in [2.05, 4.69) is 50.5 Å². The van der Waals surface area contributed by atoms with Crippen LogP contribution in [-0.2, 0) is 6.42 Å². The highest BCUT2D eigenvalue weighted by Crippen LogP contribution is 2.21. The molecule has 0 amide bonds. The molecule has 4 heteroatoms. The van der Waals surface area contributed by atoms with Gasteiger partial charge in [-0.1, -0.05) is 28.1 Å². The lowest BCUT2D eigenvalue weighted by molar-refractivity contribution is 1.21. The van der Waals surface area contributed by atoms with Gasteiger partial charge < -0.3 is 5.32 Å². The molecule has 2 nitrogen and oxygen atoms in total. The molecule has 0 fully saturated rings. The van der Waals surface area contributed by atoms with Crippen molar-refractivity contribution >= 4 is 32.4 Å². The lowest BCUT2D eigenvalue weighted by atomic mass is 10.1. The zero-order valence-electron chi connectivity index (χ0n) is 8.33. The van der Waals surface area contributed by atoms with Crippen LogP contribution in [0.25, 0.3) is 0 Å². The first-order valence-corrected chi connectivity index (χ1v) is 6.26. The molecule has 1 N–H and O–H groups in total. The van der Waals surface area contributed by atoms with Gasteiger partial charge in [-0.15, -0.1) is 11.3 Å². The summed E-state index contributed by atoms with van der Waals surface area (Å²) in [7, 11) is 1.89. The molecule has 15 heavy (non-hydrogen) atoms. The van der Waals surface area contributed by atoms with Crippen molar-refractivity contribution < 1.29 is 0 Å². The van der Waals surface area contributed by atoms with Gasteiger partial charge in [0, 0.05) is 29.0 Å². The summed E-state index contributed by atoms with van der Waals surface area (Å²) in [5.41, 5.74) is 1.31. The van der Waals surface area contributed by atoms with Crippen LogP contribution >= 0.6 is 27.3 Å². The van der Waals surface area contributed by atoms with E-state index in [1.807, 2.05) is 13.2 Å². The van der Waals surface area contributed by atoms with Gasteiger partial charge in [0.25, 0.3) is 0 Å². The van der Waals surface area contributed by atoms with E-state index >= 15 is 0 Å². The maximum absolute atomic E-state index is 4.25. The van der Waals surface area contributed by atoms with Crippen molar-refractivity contribution in [1.82, 2.24) is 4.98 Å². The summed E-state index contributed by atoms with van der Waals surface area (Å²) in [6.45, 7) is 0. The lowest BCUT2D eigenvalue weighted by Crippen LogP contribution is -1.83. The molecule has 1 aromatic heterocycles. The summed E-state index contributed by atoms with van der Waals surface area (Å²) in [4.78, 5) is 5.53. The molecule has 0 saturated carbocycles. The molecular formula is C11H11BrN2S. The molecule has 1 heterocycles. The standard InChI is InChI=1S/C11H11BrN2S/c1-13-11-14-7-10(15-11)6-8-2-4-9(12)5-3-8/h2-5,7H,6H2,1H3,(H,13,14). The Bertz CT molecular complexity index is 436. The van der Waals surface area contributed by atoms with Crippen molar-refractivity contribution in [1.29, 1.82) is 0 Å². The zero-order chi connectivity index (χ0) is 10.7. The van der Waals surface area contributed by atoms with Crippen LogP contribution < -0.4 is 5.32 Å². The SMILES string of the molecule is CNc1ncc(Cc2ccc(Br)cc2)s1. The monoisotopic (exact) mass is 282 g/mol. The second kappa shape index (κ2) is 4.77. The summed E-state index contributed by atoms with van der Waals surface area (Å²) >= 11 is 5.12. The molecule has 0 radical (unpaired) electrons. The van der Waals surface area contributed by atoms with E-state index in [4.69, 9.17) is 0 Å². The molecule has 2 aromatic rings. The molecule has 1 aromatic carbocycles. The summed E-state index contributed by atoms with van der Waals surface area (Å²) in [6.07, 6.45) is 2.88. The predicted molar refractivity (Wildman–Crippen MR) is 68.6 cm³/mol. The molecule has 0 spiro atoms. The van der Waals surface area contributed by atoms with Crippen molar-refractivity contribution in [3.63, 3.8) is 0 Å². The number of hydrogen-bond donors (Lipinski definition) is 1. The van der Waals surface area contributed by atoms with Crippen molar-refractivity contribution in [2.45, 2.75) is 6.42 Å². The predicted octanol–water partition coefficient (Wildman–Crippen LogP) is 3.54. The van der Waals surface area contributed by atoms with Crippen LogP contribution in [0.1, 0.15) is 10.4 Å². The van der Waals surface area contributed by atoms with Gasteiger partial charge in [0.05, 0.1) is 0 Å². The number of anilines is 1. The number of hydrogen-bond acceptors (Lipinski definition) is 3. The number of halogens is 1. The summed E-state index contributed by atoms with van der Waals surface area (Å²) in [5, 5.41) is 4.02. The number of nitrogens with zero attached hydrogens (tertiary/aromatic N) is 1. The van der Waals surface area contributed by atoms with Crippen LogP contribution in [-0.4, -0.2) is 12.0 Å². The van der Waals surface area contributed by atoms with Gasteiger partial charge in [0.15, 0.2) is 5.13 Å². The van der Waals surface area contributed by atoms with Gasteiger partial charge in [-0.2, -0.15) is 0 Å². The van der Waals surface area contributed by atoms with E-state index in [9.17, 15) is 0 Å². The second-order valence-corrected chi connectivity index (χ2v) is 5.22. The minimum absolute atomic E-state index is 0.951. The van der Waals surface area contributed by atoms with Crippen LogP contribution in [0, 0.1) is 0 Å². The average Bonchev–Trinajstić information content (AvgIpc) is 2.69. The Morgan fingerprint density at radius 3 is 2.67 bits per heavy atom. The molecule has 0 atom stereocenters. The van der Waals surface area contributed by atoms with Gasteiger partial charge in [-0.25, -0.2) is 4.98 Å². The maximum atomic E-state index is 4.25. The first kappa shape index (κ1) is 10.6. The fraction of sp³-hybridized carbons (Fsp3) is 0.182. The van der Waals surface area contributed by atoms with Crippen LogP contribution in [0.15, 0.2) is 34.9 Å². The fourth-order valence-electron chi connectivity index (χ4n) is 1.31. The number of rotatable bonds is 3. The van der Waals surface area contributed by atoms with Crippen LogP contribution in [0.3, 0.4) is 0 Å². The number of benzene rings is 1. The lowest BCUT2D eigenvalue weighted by Gasteiger charge is -1.97. The Balaban J connectivity index is 2.11. The third-order valence-corrected chi connectivity index (χ3v) is 3.60. The topological polar surface area (TPSA) is 24.9 Å². The van der Waals surface area contributed by atoms with Crippen LogP contribution in [0.2, 0.25) is 0 Å². The number of thiazole rings is 1. The Kier molecular flexibility index (Phi) is 3.38. The van der Waals surface area contributed by atoms with Crippen LogP contribution in [0.4, 0.5) is 5.13 Å². The van der Waals surface area contributed by atoms with Gasteiger partial charge in [0.2, 0.25) is 0 Å².